The van der Waals surface area contributed by atoms with Gasteiger partial charge in [0.1, 0.15) is 0 Å². The maximum Gasteiger partial charge on any atom is 0.0750 e. The molecule has 0 amide bonds. The second-order valence-corrected chi connectivity index (χ2v) is 6.58. The van der Waals surface area contributed by atoms with Crippen molar-refractivity contribution in [3.63, 3.8) is 0 Å². The highest BCUT2D eigenvalue weighted by Gasteiger charge is 2.16. The predicted octanol–water partition coefficient (Wildman–Crippen LogP) is 5.17. The Labute approximate surface area is 139 Å². The number of nitrogens with one attached hydrogen (secondary N) is 1. The molecular formula is C17H19BrClNO. The highest BCUT2D eigenvalue weighted by atomic mass is 79.9. The van der Waals surface area contributed by atoms with Gasteiger partial charge in [-0.1, -0.05) is 29.3 Å². The lowest BCUT2D eigenvalue weighted by Gasteiger charge is -2.23. The van der Waals surface area contributed by atoms with Crippen LogP contribution >= 0.6 is 27.5 Å². The number of hydrogen-bond acceptors (Lipinski definition) is 2. The highest BCUT2D eigenvalue weighted by Crippen LogP contribution is 2.30. The molecule has 0 heterocycles. The van der Waals surface area contributed by atoms with Crippen LogP contribution in [0.25, 0.3) is 0 Å². The molecule has 21 heavy (non-hydrogen) atoms. The maximum atomic E-state index is 9.78. The minimum absolute atomic E-state index is 0.0327. The Morgan fingerprint density at radius 3 is 2.29 bits per heavy atom. The van der Waals surface area contributed by atoms with E-state index in [0.29, 0.717) is 5.02 Å². The number of anilines is 1. The molecule has 4 heteroatoms. The van der Waals surface area contributed by atoms with Gasteiger partial charge in [-0.2, -0.15) is 0 Å². The number of halogens is 2. The van der Waals surface area contributed by atoms with Gasteiger partial charge >= 0.3 is 0 Å². The van der Waals surface area contributed by atoms with E-state index in [4.69, 9.17) is 11.6 Å². The van der Waals surface area contributed by atoms with Crippen molar-refractivity contribution >= 4 is 33.2 Å². The van der Waals surface area contributed by atoms with Crippen LogP contribution in [0.3, 0.4) is 0 Å². The molecule has 0 saturated carbocycles. The fourth-order valence-corrected chi connectivity index (χ4v) is 3.23. The number of rotatable bonds is 4. The zero-order valence-electron chi connectivity index (χ0n) is 12.4. The largest absolute Gasteiger partial charge is 0.394 e. The Morgan fingerprint density at radius 2 is 1.76 bits per heavy atom. The van der Waals surface area contributed by atoms with E-state index in [1.54, 1.807) is 0 Å². The third-order valence-electron chi connectivity index (χ3n) is 3.53. The molecule has 2 nitrogen and oxygen atoms in total. The van der Waals surface area contributed by atoms with Crippen LogP contribution in [0.15, 0.2) is 34.8 Å². The topological polar surface area (TPSA) is 32.3 Å². The van der Waals surface area contributed by atoms with Gasteiger partial charge in [-0.05, 0) is 71.6 Å². The molecule has 0 aliphatic rings. The Morgan fingerprint density at radius 1 is 1.14 bits per heavy atom. The standard InChI is InChI=1S/C17H19BrClNO/c1-10-6-11(2)17(12(3)7-10)16(9-21)20-13-4-5-15(19)14(18)8-13/h4-8,16,20-21H,9H2,1-3H3. The lowest BCUT2D eigenvalue weighted by atomic mass is 9.94. The molecule has 0 aliphatic heterocycles. The summed E-state index contributed by atoms with van der Waals surface area (Å²) in [4.78, 5) is 0. The minimum atomic E-state index is -0.140. The summed E-state index contributed by atoms with van der Waals surface area (Å²) in [6, 6.07) is 9.81. The van der Waals surface area contributed by atoms with Gasteiger partial charge in [-0.15, -0.1) is 0 Å². The van der Waals surface area contributed by atoms with Gasteiger partial charge in [0.25, 0.3) is 0 Å². The average Bonchev–Trinajstić information content (AvgIpc) is 2.40. The molecule has 1 unspecified atom stereocenters. The molecule has 2 N–H and O–H groups in total. The Kier molecular flexibility index (Phi) is 5.31. The molecule has 112 valence electrons. The van der Waals surface area contributed by atoms with E-state index < -0.39 is 0 Å². The van der Waals surface area contributed by atoms with E-state index in [1.807, 2.05) is 18.2 Å². The van der Waals surface area contributed by atoms with Crippen molar-refractivity contribution in [2.75, 3.05) is 11.9 Å². The van der Waals surface area contributed by atoms with Crippen LogP contribution in [0, 0.1) is 20.8 Å². The fourth-order valence-electron chi connectivity index (χ4n) is 2.74. The number of aliphatic hydroxyl groups excluding tert-OH is 1. The van der Waals surface area contributed by atoms with Gasteiger partial charge in [0.15, 0.2) is 0 Å². The summed E-state index contributed by atoms with van der Waals surface area (Å²) >= 11 is 9.43. The highest BCUT2D eigenvalue weighted by molar-refractivity contribution is 9.10. The first-order valence-electron chi connectivity index (χ1n) is 6.82. The van der Waals surface area contributed by atoms with Crippen molar-refractivity contribution in [1.29, 1.82) is 0 Å². The summed E-state index contributed by atoms with van der Waals surface area (Å²) in [5, 5.41) is 13.8. The Balaban J connectivity index is 2.34. The summed E-state index contributed by atoms with van der Waals surface area (Å²) in [5.74, 6) is 0. The van der Waals surface area contributed by atoms with Crippen LogP contribution in [0.1, 0.15) is 28.3 Å². The second kappa shape index (κ2) is 6.82. The lowest BCUT2D eigenvalue weighted by Crippen LogP contribution is -2.17. The quantitative estimate of drug-likeness (QED) is 0.780. The number of hydrogen-bond donors (Lipinski definition) is 2. The molecule has 2 aromatic carbocycles. The summed E-state index contributed by atoms with van der Waals surface area (Å²) in [7, 11) is 0. The van der Waals surface area contributed by atoms with E-state index in [9.17, 15) is 5.11 Å². The fraction of sp³-hybridized carbons (Fsp3) is 0.294. The molecule has 0 aliphatic carbocycles. The number of aliphatic hydroxyl groups is 1. The lowest BCUT2D eigenvalue weighted by molar-refractivity contribution is 0.275. The zero-order chi connectivity index (χ0) is 15.6. The summed E-state index contributed by atoms with van der Waals surface area (Å²) in [6.45, 7) is 6.28. The van der Waals surface area contributed by atoms with Crippen molar-refractivity contribution in [3.05, 3.63) is 62.1 Å². The van der Waals surface area contributed by atoms with Crippen molar-refractivity contribution in [2.45, 2.75) is 26.8 Å². The van der Waals surface area contributed by atoms with Gasteiger partial charge < -0.3 is 10.4 Å². The van der Waals surface area contributed by atoms with Gasteiger partial charge in [0.05, 0.1) is 17.7 Å². The first kappa shape index (κ1) is 16.3. The summed E-state index contributed by atoms with van der Waals surface area (Å²) in [6.07, 6.45) is 0. The van der Waals surface area contributed by atoms with Gasteiger partial charge in [0.2, 0.25) is 0 Å². The first-order valence-corrected chi connectivity index (χ1v) is 7.99. The molecule has 0 aromatic heterocycles. The van der Waals surface area contributed by atoms with Crippen LogP contribution in [0.4, 0.5) is 5.69 Å². The van der Waals surface area contributed by atoms with E-state index in [1.165, 1.54) is 16.7 Å². The molecule has 0 fully saturated rings. The third kappa shape index (κ3) is 3.79. The third-order valence-corrected chi connectivity index (χ3v) is 4.74. The van der Waals surface area contributed by atoms with Crippen molar-refractivity contribution in [1.82, 2.24) is 0 Å². The SMILES string of the molecule is Cc1cc(C)c(C(CO)Nc2ccc(Cl)c(Br)c2)c(C)c1. The predicted molar refractivity (Wildman–Crippen MR) is 93.3 cm³/mol. The van der Waals surface area contributed by atoms with Crippen LogP contribution in [-0.2, 0) is 0 Å². The summed E-state index contributed by atoms with van der Waals surface area (Å²) in [5.41, 5.74) is 5.68. The van der Waals surface area contributed by atoms with E-state index in [-0.39, 0.29) is 12.6 Å². The van der Waals surface area contributed by atoms with E-state index in [2.05, 4.69) is 54.2 Å². The first-order chi connectivity index (χ1) is 9.92. The van der Waals surface area contributed by atoms with Crippen LogP contribution in [0.2, 0.25) is 5.02 Å². The van der Waals surface area contributed by atoms with Gasteiger partial charge in [-0.25, -0.2) is 0 Å². The molecule has 2 aromatic rings. The molecule has 0 bridgehead atoms. The van der Waals surface area contributed by atoms with Gasteiger partial charge in [-0.3, -0.25) is 0 Å². The average molecular weight is 369 g/mol. The number of aryl methyl sites for hydroxylation is 3. The normalized spacial score (nSPS) is 12.3. The molecule has 0 saturated heterocycles. The van der Waals surface area contributed by atoms with Crippen molar-refractivity contribution < 1.29 is 5.11 Å². The second-order valence-electron chi connectivity index (χ2n) is 5.32. The van der Waals surface area contributed by atoms with E-state index in [0.717, 1.165) is 15.7 Å². The summed E-state index contributed by atoms with van der Waals surface area (Å²) < 4.78 is 0.836. The molecule has 0 spiro atoms. The molecule has 0 radical (unpaired) electrons. The Bertz CT molecular complexity index is 634. The van der Waals surface area contributed by atoms with Crippen LogP contribution in [-0.4, -0.2) is 11.7 Å². The molecule has 1 atom stereocenters. The number of benzene rings is 2. The smallest absolute Gasteiger partial charge is 0.0750 e. The van der Waals surface area contributed by atoms with Crippen LogP contribution < -0.4 is 5.32 Å². The maximum absolute atomic E-state index is 9.78. The molecule has 2 rings (SSSR count). The monoisotopic (exact) mass is 367 g/mol. The van der Waals surface area contributed by atoms with E-state index >= 15 is 0 Å². The molecular weight excluding hydrogens is 350 g/mol. The minimum Gasteiger partial charge on any atom is -0.394 e. The van der Waals surface area contributed by atoms with Crippen molar-refractivity contribution in [2.24, 2.45) is 0 Å². The van der Waals surface area contributed by atoms with Crippen LogP contribution in [0.5, 0.6) is 0 Å². The van der Waals surface area contributed by atoms with Crippen molar-refractivity contribution in [3.8, 4) is 0 Å². The van der Waals surface area contributed by atoms with Gasteiger partial charge in [0, 0.05) is 10.2 Å². The zero-order valence-corrected chi connectivity index (χ0v) is 14.7. The Hall–Kier alpha value is -1.03.